The molecule has 0 aliphatic rings. The van der Waals surface area contributed by atoms with E-state index in [2.05, 4.69) is 4.98 Å². The van der Waals surface area contributed by atoms with Gasteiger partial charge in [-0.15, -0.1) is 0 Å². The number of carboxylic acids is 1. The Kier molecular flexibility index (Phi) is 4.95. The maximum atomic E-state index is 13.0. The van der Waals surface area contributed by atoms with E-state index in [0.717, 1.165) is 27.7 Å². The Morgan fingerprint density at radius 3 is 2.70 bits per heavy atom. The lowest BCUT2D eigenvalue weighted by Gasteiger charge is -2.14. The van der Waals surface area contributed by atoms with Crippen molar-refractivity contribution in [2.24, 2.45) is 0 Å². The van der Waals surface area contributed by atoms with Crippen molar-refractivity contribution in [3.8, 4) is 11.5 Å². The monoisotopic (exact) mass is 424 g/mol. The van der Waals surface area contributed by atoms with Gasteiger partial charge in [0.25, 0.3) is 5.56 Å². The summed E-state index contributed by atoms with van der Waals surface area (Å²) < 4.78 is 12.9. The highest BCUT2D eigenvalue weighted by Crippen LogP contribution is 2.29. The highest BCUT2D eigenvalue weighted by molar-refractivity contribution is 7.15. The lowest BCUT2D eigenvalue weighted by molar-refractivity contribution is -0.144. The van der Waals surface area contributed by atoms with E-state index in [4.69, 9.17) is 14.6 Å². The minimum absolute atomic E-state index is 0.125. The molecule has 7 nitrogen and oxygen atoms in total. The molecular formula is C22H20N2O5S. The first-order valence-corrected chi connectivity index (χ1v) is 10.1. The van der Waals surface area contributed by atoms with Crippen molar-refractivity contribution >= 4 is 39.4 Å². The van der Waals surface area contributed by atoms with Crippen LogP contribution in [0.5, 0.6) is 11.5 Å². The molecule has 0 bridgehead atoms. The van der Waals surface area contributed by atoms with Crippen molar-refractivity contribution in [3.63, 3.8) is 0 Å². The molecule has 0 saturated carbocycles. The highest BCUT2D eigenvalue weighted by Gasteiger charge is 2.16. The third kappa shape index (κ3) is 3.29. The Morgan fingerprint density at radius 1 is 1.23 bits per heavy atom. The van der Waals surface area contributed by atoms with Gasteiger partial charge in [0.05, 0.1) is 22.7 Å². The number of aliphatic carboxylic acids is 1. The Balaban J connectivity index is 1.80. The fourth-order valence-corrected chi connectivity index (χ4v) is 4.21. The number of imidazole rings is 1. The van der Waals surface area contributed by atoms with Crippen LogP contribution in [0.25, 0.3) is 22.1 Å². The molecule has 4 rings (SSSR count). The Hall–Kier alpha value is -3.39. The summed E-state index contributed by atoms with van der Waals surface area (Å²) in [6, 6.07) is 9.01. The fourth-order valence-electron chi connectivity index (χ4n) is 3.23. The van der Waals surface area contributed by atoms with Crippen LogP contribution in [0.3, 0.4) is 0 Å². The van der Waals surface area contributed by atoms with Gasteiger partial charge in [0.1, 0.15) is 0 Å². The van der Waals surface area contributed by atoms with Crippen molar-refractivity contribution in [3.05, 3.63) is 61.9 Å². The van der Waals surface area contributed by atoms with E-state index in [1.54, 1.807) is 28.7 Å². The summed E-state index contributed by atoms with van der Waals surface area (Å²) in [5.41, 5.74) is 4.47. The molecule has 30 heavy (non-hydrogen) atoms. The van der Waals surface area contributed by atoms with E-state index in [9.17, 15) is 9.59 Å². The normalized spacial score (nSPS) is 13.1. The van der Waals surface area contributed by atoms with Gasteiger partial charge >= 0.3 is 5.97 Å². The second-order valence-electron chi connectivity index (χ2n) is 7.03. The molecule has 0 aliphatic heterocycles. The average molecular weight is 424 g/mol. The Labute approximate surface area is 175 Å². The fraction of sp³-hybridized carbons (Fsp3) is 0.227. The molecule has 2 aromatic carbocycles. The summed E-state index contributed by atoms with van der Waals surface area (Å²) >= 11 is 1.33. The van der Waals surface area contributed by atoms with Crippen molar-refractivity contribution in [2.45, 2.75) is 26.9 Å². The first kappa shape index (κ1) is 19.9. The number of carbonyl (C=O) groups is 1. The first-order valence-electron chi connectivity index (χ1n) is 9.30. The number of aromatic nitrogens is 2. The summed E-state index contributed by atoms with van der Waals surface area (Å²) in [5, 5.41) is 9.03. The van der Waals surface area contributed by atoms with Crippen LogP contribution < -0.4 is 19.6 Å². The summed E-state index contributed by atoms with van der Waals surface area (Å²) in [5.74, 6) is -0.352. The standard InChI is InChI=1S/C22H20N2O5S/c1-11-5-7-15-19(12(11)2)23-22-24(15)20(25)18(30-22)10-14-6-8-16(17(9-14)28-4)29-13(3)21(26)27/h5-10,13H,1-4H3,(H,26,27)/b18-10-. The van der Waals surface area contributed by atoms with Crippen LogP contribution in [-0.4, -0.2) is 33.7 Å². The van der Waals surface area contributed by atoms with E-state index in [-0.39, 0.29) is 5.56 Å². The minimum Gasteiger partial charge on any atom is -0.493 e. The molecule has 2 aromatic heterocycles. The Morgan fingerprint density at radius 2 is 2.00 bits per heavy atom. The molecule has 0 saturated heterocycles. The molecule has 1 atom stereocenters. The highest BCUT2D eigenvalue weighted by atomic mass is 32.1. The number of hydrogen-bond donors (Lipinski definition) is 1. The van der Waals surface area contributed by atoms with E-state index in [1.807, 2.05) is 26.0 Å². The third-order valence-corrected chi connectivity index (χ3v) is 6.04. The summed E-state index contributed by atoms with van der Waals surface area (Å²) in [7, 11) is 1.48. The van der Waals surface area contributed by atoms with Gasteiger partial charge in [-0.05, 0) is 61.7 Å². The summed E-state index contributed by atoms with van der Waals surface area (Å²) in [6.07, 6.45) is 0.758. The van der Waals surface area contributed by atoms with Gasteiger partial charge in [-0.25, -0.2) is 14.2 Å². The zero-order chi connectivity index (χ0) is 21.6. The van der Waals surface area contributed by atoms with Crippen molar-refractivity contribution in [2.75, 3.05) is 7.11 Å². The van der Waals surface area contributed by atoms with Crippen LogP contribution in [0, 0.1) is 13.8 Å². The molecule has 0 fully saturated rings. The zero-order valence-corrected chi connectivity index (χ0v) is 17.7. The van der Waals surface area contributed by atoms with E-state index in [0.29, 0.717) is 21.0 Å². The summed E-state index contributed by atoms with van der Waals surface area (Å²) in [4.78, 5) is 29.4. The lowest BCUT2D eigenvalue weighted by Crippen LogP contribution is -2.23. The predicted molar refractivity (Wildman–Crippen MR) is 116 cm³/mol. The van der Waals surface area contributed by atoms with Crippen LogP contribution in [0.4, 0.5) is 0 Å². The first-order chi connectivity index (χ1) is 14.3. The number of methoxy groups -OCH3 is 1. The minimum atomic E-state index is -1.07. The molecule has 0 aliphatic carbocycles. The van der Waals surface area contributed by atoms with Gasteiger partial charge in [-0.3, -0.25) is 4.79 Å². The molecule has 2 heterocycles. The van der Waals surface area contributed by atoms with Crippen molar-refractivity contribution in [1.29, 1.82) is 0 Å². The lowest BCUT2D eigenvalue weighted by atomic mass is 10.1. The van der Waals surface area contributed by atoms with Crippen molar-refractivity contribution < 1.29 is 19.4 Å². The number of carboxylic acid groups (broad SMARTS) is 1. The topological polar surface area (TPSA) is 90.1 Å². The van der Waals surface area contributed by atoms with E-state index >= 15 is 0 Å². The molecule has 1 unspecified atom stereocenters. The second-order valence-corrected chi connectivity index (χ2v) is 8.04. The molecule has 0 spiro atoms. The van der Waals surface area contributed by atoms with Gasteiger partial charge < -0.3 is 14.6 Å². The van der Waals surface area contributed by atoms with Crippen LogP contribution in [0.15, 0.2) is 35.1 Å². The van der Waals surface area contributed by atoms with E-state index in [1.165, 1.54) is 25.4 Å². The number of fused-ring (bicyclic) bond motifs is 3. The SMILES string of the molecule is COc1cc(/C=c2\sc3nc4c(C)c(C)ccc4n3c2=O)ccc1OC(C)C(=O)O. The zero-order valence-electron chi connectivity index (χ0n) is 16.9. The average Bonchev–Trinajstić information content (AvgIpc) is 3.23. The van der Waals surface area contributed by atoms with Gasteiger partial charge in [-0.2, -0.15) is 0 Å². The van der Waals surface area contributed by atoms with Gasteiger partial charge in [0, 0.05) is 0 Å². The number of aryl methyl sites for hydroxylation is 2. The largest absolute Gasteiger partial charge is 0.493 e. The molecule has 0 radical (unpaired) electrons. The number of rotatable bonds is 5. The molecule has 4 aromatic rings. The van der Waals surface area contributed by atoms with Crippen LogP contribution in [-0.2, 0) is 4.79 Å². The number of ether oxygens (including phenoxy) is 2. The molecule has 154 valence electrons. The Bertz CT molecular complexity index is 1400. The smallest absolute Gasteiger partial charge is 0.344 e. The van der Waals surface area contributed by atoms with Crippen LogP contribution in [0.2, 0.25) is 0 Å². The number of hydrogen-bond acceptors (Lipinski definition) is 6. The molecule has 0 amide bonds. The maximum Gasteiger partial charge on any atom is 0.344 e. The van der Waals surface area contributed by atoms with Gasteiger partial charge in [0.2, 0.25) is 0 Å². The molecular weight excluding hydrogens is 404 g/mol. The van der Waals surface area contributed by atoms with Gasteiger partial charge in [0.15, 0.2) is 22.6 Å². The number of nitrogens with zero attached hydrogens (tertiary/aromatic N) is 2. The maximum absolute atomic E-state index is 13.0. The second kappa shape index (κ2) is 7.46. The summed E-state index contributed by atoms with van der Waals surface area (Å²) in [6.45, 7) is 5.48. The van der Waals surface area contributed by atoms with Crippen molar-refractivity contribution in [1.82, 2.24) is 9.38 Å². The van der Waals surface area contributed by atoms with Crippen LogP contribution >= 0.6 is 11.3 Å². The number of thiazole rings is 1. The third-order valence-electron chi connectivity index (χ3n) is 5.07. The van der Waals surface area contributed by atoms with E-state index < -0.39 is 12.1 Å². The molecule has 8 heteroatoms. The van der Waals surface area contributed by atoms with Gasteiger partial charge in [-0.1, -0.05) is 23.5 Å². The quantitative estimate of drug-likeness (QED) is 0.530. The predicted octanol–water partition coefficient (Wildman–Crippen LogP) is 2.93. The van der Waals surface area contributed by atoms with Crippen LogP contribution in [0.1, 0.15) is 23.6 Å². The number of benzene rings is 2. The molecule has 1 N–H and O–H groups in total.